The summed E-state index contributed by atoms with van der Waals surface area (Å²) in [5.41, 5.74) is 4.98. The van der Waals surface area contributed by atoms with E-state index in [1.807, 2.05) is 0 Å². The van der Waals surface area contributed by atoms with Gasteiger partial charge in [-0.15, -0.1) is 11.6 Å². The van der Waals surface area contributed by atoms with E-state index in [2.05, 4.69) is 0 Å². The minimum Gasteiger partial charge on any atom is -0.496 e. The lowest BCUT2D eigenvalue weighted by molar-refractivity contribution is -0.384. The van der Waals surface area contributed by atoms with Crippen LogP contribution in [-0.4, -0.2) is 34.2 Å². The number of aliphatic hydroxyl groups excluding tert-OH is 2. The lowest BCUT2D eigenvalue weighted by Crippen LogP contribution is -2.21. The topological polar surface area (TPSA) is 119 Å². The van der Waals surface area contributed by atoms with Crippen LogP contribution >= 0.6 is 11.6 Å². The summed E-state index contributed by atoms with van der Waals surface area (Å²) in [6.45, 7) is 0. The molecule has 1 aromatic rings. The zero-order chi connectivity index (χ0) is 13.9. The molecule has 0 aromatic heterocycles. The number of benzene rings is 1. The smallest absolute Gasteiger partial charge is 0.296 e. The number of nitrogens with zero attached hydrogens (tertiary/aromatic N) is 1. The summed E-state index contributed by atoms with van der Waals surface area (Å²) in [6.07, 6.45) is -2.70. The first-order valence-electron chi connectivity index (χ1n) is 4.96. The molecule has 0 radical (unpaired) electrons. The Morgan fingerprint density at radius 2 is 2.17 bits per heavy atom. The van der Waals surface area contributed by atoms with Crippen LogP contribution in [0.15, 0.2) is 12.1 Å². The molecule has 18 heavy (non-hydrogen) atoms. The van der Waals surface area contributed by atoms with E-state index in [-0.39, 0.29) is 22.9 Å². The summed E-state index contributed by atoms with van der Waals surface area (Å²) >= 11 is 5.41. The number of halogens is 1. The monoisotopic (exact) mass is 276 g/mol. The zero-order valence-electron chi connectivity index (χ0n) is 9.54. The van der Waals surface area contributed by atoms with Gasteiger partial charge in [-0.25, -0.2) is 0 Å². The second-order valence-corrected chi connectivity index (χ2v) is 3.88. The highest BCUT2D eigenvalue weighted by Gasteiger charge is 2.26. The number of aliphatic hydroxyl groups is 2. The highest BCUT2D eigenvalue weighted by atomic mass is 35.5. The number of hydrogen-bond acceptors (Lipinski definition) is 6. The maximum atomic E-state index is 10.8. The number of nitrogen functional groups attached to an aromatic ring is 1. The Morgan fingerprint density at radius 1 is 1.56 bits per heavy atom. The Kier molecular flexibility index (Phi) is 4.71. The normalized spacial score (nSPS) is 14.0. The second-order valence-electron chi connectivity index (χ2n) is 3.57. The van der Waals surface area contributed by atoms with Crippen molar-refractivity contribution in [2.24, 2.45) is 0 Å². The van der Waals surface area contributed by atoms with Crippen molar-refractivity contribution in [3.05, 3.63) is 27.8 Å². The molecule has 0 amide bonds. The fourth-order valence-corrected chi connectivity index (χ4v) is 1.61. The van der Waals surface area contributed by atoms with Gasteiger partial charge in [0.25, 0.3) is 5.69 Å². The van der Waals surface area contributed by atoms with Crippen molar-refractivity contribution in [3.63, 3.8) is 0 Å². The summed E-state index contributed by atoms with van der Waals surface area (Å²) in [7, 11) is 1.32. The maximum absolute atomic E-state index is 10.8. The lowest BCUT2D eigenvalue weighted by atomic mass is 10.0. The molecule has 0 aliphatic heterocycles. The minimum absolute atomic E-state index is 0.00852. The Hall–Kier alpha value is -1.57. The second kappa shape index (κ2) is 5.85. The number of hydrogen-bond donors (Lipinski definition) is 3. The number of ether oxygens (including phenoxy) is 1. The van der Waals surface area contributed by atoms with Gasteiger partial charge in [0.1, 0.15) is 17.5 Å². The third-order valence-electron chi connectivity index (χ3n) is 2.44. The molecule has 0 saturated carbocycles. The molecule has 7 nitrogen and oxygen atoms in total. The first kappa shape index (κ1) is 14.5. The van der Waals surface area contributed by atoms with Gasteiger partial charge in [-0.1, -0.05) is 0 Å². The molecule has 0 fully saturated rings. The molecule has 0 bridgehead atoms. The van der Waals surface area contributed by atoms with Gasteiger partial charge in [0, 0.05) is 5.56 Å². The number of nitro groups is 1. The number of alkyl halides is 1. The number of nitrogens with two attached hydrogens (primary N) is 1. The SMILES string of the molecule is COc1cc(C(O)C(O)CCl)c(N)c([N+](=O)[O-])c1. The summed E-state index contributed by atoms with van der Waals surface area (Å²) in [4.78, 5) is 10.1. The van der Waals surface area contributed by atoms with Crippen LogP contribution in [0.2, 0.25) is 0 Å². The average molecular weight is 277 g/mol. The third kappa shape index (κ3) is 2.81. The maximum Gasteiger partial charge on any atom is 0.296 e. The highest BCUT2D eigenvalue weighted by Crippen LogP contribution is 2.35. The van der Waals surface area contributed by atoms with Crippen LogP contribution in [0.1, 0.15) is 11.7 Å². The molecule has 0 heterocycles. The Balaban J connectivity index is 3.34. The molecular weight excluding hydrogens is 264 g/mol. The van der Waals surface area contributed by atoms with Gasteiger partial charge in [0.2, 0.25) is 0 Å². The average Bonchev–Trinajstić information content (AvgIpc) is 2.36. The quantitative estimate of drug-likeness (QED) is 0.317. The fraction of sp³-hybridized carbons (Fsp3) is 0.400. The third-order valence-corrected chi connectivity index (χ3v) is 2.75. The molecule has 8 heteroatoms. The Bertz CT molecular complexity index is 454. The van der Waals surface area contributed by atoms with Crippen LogP contribution in [0, 0.1) is 10.1 Å². The minimum atomic E-state index is -1.42. The summed E-state index contributed by atoms with van der Waals surface area (Å²) in [5.74, 6) is -0.0715. The number of methoxy groups -OCH3 is 1. The van der Waals surface area contributed by atoms with E-state index >= 15 is 0 Å². The Morgan fingerprint density at radius 3 is 2.61 bits per heavy atom. The lowest BCUT2D eigenvalue weighted by Gasteiger charge is -2.18. The number of nitro benzene ring substituents is 1. The molecule has 0 spiro atoms. The van der Waals surface area contributed by atoms with Crippen molar-refractivity contribution >= 4 is 23.0 Å². The molecule has 0 aliphatic rings. The van der Waals surface area contributed by atoms with Crippen LogP contribution in [0.3, 0.4) is 0 Å². The van der Waals surface area contributed by atoms with Crippen molar-refractivity contribution in [2.45, 2.75) is 12.2 Å². The first-order chi connectivity index (χ1) is 8.42. The van der Waals surface area contributed by atoms with Gasteiger partial charge in [0.15, 0.2) is 0 Å². The fourth-order valence-electron chi connectivity index (χ4n) is 1.44. The van der Waals surface area contributed by atoms with E-state index < -0.39 is 22.8 Å². The number of rotatable bonds is 5. The van der Waals surface area contributed by atoms with E-state index in [9.17, 15) is 20.3 Å². The molecule has 0 saturated heterocycles. The molecule has 0 aliphatic carbocycles. The molecule has 1 aromatic carbocycles. The van der Waals surface area contributed by atoms with Crippen LogP contribution in [0.4, 0.5) is 11.4 Å². The van der Waals surface area contributed by atoms with Gasteiger partial charge < -0.3 is 20.7 Å². The van der Waals surface area contributed by atoms with Crippen LogP contribution < -0.4 is 10.5 Å². The predicted octanol–water partition coefficient (Wildman–Crippen LogP) is 0.819. The molecule has 2 atom stereocenters. The molecule has 4 N–H and O–H groups in total. The number of anilines is 1. The van der Waals surface area contributed by atoms with Crippen LogP contribution in [0.5, 0.6) is 5.75 Å². The van der Waals surface area contributed by atoms with Crippen LogP contribution in [0.25, 0.3) is 0 Å². The van der Waals surface area contributed by atoms with Gasteiger partial charge in [-0.05, 0) is 6.07 Å². The first-order valence-corrected chi connectivity index (χ1v) is 5.49. The molecule has 2 unspecified atom stereocenters. The van der Waals surface area contributed by atoms with Gasteiger partial charge in [-0.3, -0.25) is 10.1 Å². The van der Waals surface area contributed by atoms with Crippen molar-refractivity contribution in [1.82, 2.24) is 0 Å². The summed E-state index contributed by atoms with van der Waals surface area (Å²) in [5, 5.41) is 30.1. The Labute approximate surface area is 108 Å². The van der Waals surface area contributed by atoms with Crippen molar-refractivity contribution in [1.29, 1.82) is 0 Å². The zero-order valence-corrected chi connectivity index (χ0v) is 10.3. The van der Waals surface area contributed by atoms with Gasteiger partial charge >= 0.3 is 0 Å². The summed E-state index contributed by atoms with van der Waals surface area (Å²) < 4.78 is 4.88. The van der Waals surface area contributed by atoms with E-state index in [1.54, 1.807) is 0 Å². The van der Waals surface area contributed by atoms with E-state index in [0.717, 1.165) is 6.07 Å². The highest BCUT2D eigenvalue weighted by molar-refractivity contribution is 6.18. The van der Waals surface area contributed by atoms with E-state index in [0.29, 0.717) is 0 Å². The van der Waals surface area contributed by atoms with Crippen molar-refractivity contribution < 1.29 is 19.9 Å². The van der Waals surface area contributed by atoms with Crippen LogP contribution in [-0.2, 0) is 0 Å². The largest absolute Gasteiger partial charge is 0.496 e. The predicted molar refractivity (Wildman–Crippen MR) is 65.7 cm³/mol. The summed E-state index contributed by atoms with van der Waals surface area (Å²) in [6, 6.07) is 2.46. The molecular formula is C10H13ClN2O5. The van der Waals surface area contributed by atoms with E-state index in [1.165, 1.54) is 13.2 Å². The molecule has 1 rings (SSSR count). The standard InChI is InChI=1S/C10H13ClN2O5/c1-18-5-2-6(10(15)8(14)4-11)9(12)7(3-5)13(16)17/h2-3,8,10,14-15H,4,12H2,1H3. The van der Waals surface area contributed by atoms with Gasteiger partial charge in [-0.2, -0.15) is 0 Å². The van der Waals surface area contributed by atoms with Crippen molar-refractivity contribution in [2.75, 3.05) is 18.7 Å². The van der Waals surface area contributed by atoms with E-state index in [4.69, 9.17) is 22.1 Å². The van der Waals surface area contributed by atoms with Gasteiger partial charge in [0.05, 0.1) is 30.1 Å². The molecule has 100 valence electrons. The van der Waals surface area contributed by atoms with Crippen molar-refractivity contribution in [3.8, 4) is 5.75 Å².